The molecule has 1 heterocycles. The molecule has 0 radical (unpaired) electrons. The van der Waals surface area contributed by atoms with Crippen molar-refractivity contribution in [3.8, 4) is 5.75 Å². The molecule has 0 fully saturated rings. The molecule has 0 saturated carbocycles. The topological polar surface area (TPSA) is 90.9 Å². The van der Waals surface area contributed by atoms with Crippen molar-refractivity contribution >= 4 is 34.2 Å². The number of thiophene rings is 1. The number of esters is 2. The van der Waals surface area contributed by atoms with Crippen LogP contribution in [0.5, 0.6) is 5.75 Å². The highest BCUT2D eigenvalue weighted by atomic mass is 32.1. The van der Waals surface area contributed by atoms with Crippen molar-refractivity contribution in [1.29, 1.82) is 0 Å². The van der Waals surface area contributed by atoms with Gasteiger partial charge < -0.3 is 19.5 Å². The molecule has 1 aromatic carbocycles. The van der Waals surface area contributed by atoms with Gasteiger partial charge in [-0.25, -0.2) is 9.59 Å². The minimum absolute atomic E-state index is 0.153. The third-order valence-electron chi connectivity index (χ3n) is 4.25. The molecule has 0 aliphatic heterocycles. The van der Waals surface area contributed by atoms with Gasteiger partial charge in [0.2, 0.25) is 0 Å². The SMILES string of the molecule is CCOC(=O)c1sc(NC(=O)COc2cccc(C)c2C)c(C(=O)OCC)c1C. The summed E-state index contributed by atoms with van der Waals surface area (Å²) < 4.78 is 15.7. The first-order valence-electron chi connectivity index (χ1n) is 9.26. The maximum absolute atomic E-state index is 12.4. The fraction of sp³-hybridized carbons (Fsp3) is 0.381. The molecule has 0 atom stereocenters. The molecule has 1 aromatic heterocycles. The molecule has 2 rings (SSSR count). The summed E-state index contributed by atoms with van der Waals surface area (Å²) >= 11 is 0.981. The molecule has 0 spiro atoms. The molecule has 8 heteroatoms. The van der Waals surface area contributed by atoms with E-state index in [0.29, 0.717) is 11.3 Å². The van der Waals surface area contributed by atoms with E-state index in [1.807, 2.05) is 26.0 Å². The molecule has 156 valence electrons. The normalized spacial score (nSPS) is 10.4. The lowest BCUT2D eigenvalue weighted by Gasteiger charge is -2.11. The second kappa shape index (κ2) is 10.1. The zero-order valence-corrected chi connectivity index (χ0v) is 18.0. The molecular weight excluding hydrogens is 394 g/mol. The van der Waals surface area contributed by atoms with Crippen molar-refractivity contribution in [2.75, 3.05) is 25.1 Å². The van der Waals surface area contributed by atoms with E-state index in [4.69, 9.17) is 14.2 Å². The maximum atomic E-state index is 12.4. The lowest BCUT2D eigenvalue weighted by molar-refractivity contribution is -0.118. The molecule has 29 heavy (non-hydrogen) atoms. The zero-order chi connectivity index (χ0) is 21.6. The molecule has 1 amide bonds. The Labute approximate surface area is 174 Å². The summed E-state index contributed by atoms with van der Waals surface area (Å²) in [4.78, 5) is 37.2. The van der Waals surface area contributed by atoms with Crippen LogP contribution in [0.4, 0.5) is 5.00 Å². The minimum atomic E-state index is -0.609. The number of ether oxygens (including phenoxy) is 3. The van der Waals surface area contributed by atoms with Gasteiger partial charge in [-0.3, -0.25) is 4.79 Å². The van der Waals surface area contributed by atoms with Gasteiger partial charge in [-0.05, 0) is 57.4 Å². The molecule has 0 aliphatic carbocycles. The number of hydrogen-bond donors (Lipinski definition) is 1. The number of aryl methyl sites for hydroxylation is 1. The third kappa shape index (κ3) is 5.35. The Morgan fingerprint density at radius 3 is 2.28 bits per heavy atom. The fourth-order valence-corrected chi connectivity index (χ4v) is 3.73. The van der Waals surface area contributed by atoms with Crippen molar-refractivity contribution < 1.29 is 28.6 Å². The van der Waals surface area contributed by atoms with E-state index in [0.717, 1.165) is 22.5 Å². The summed E-state index contributed by atoms with van der Waals surface area (Å²) in [5.41, 5.74) is 2.57. The van der Waals surface area contributed by atoms with E-state index < -0.39 is 17.8 Å². The Hall–Kier alpha value is -2.87. The van der Waals surface area contributed by atoms with Crippen LogP contribution < -0.4 is 10.1 Å². The summed E-state index contributed by atoms with van der Waals surface area (Å²) in [6, 6.07) is 5.59. The molecular formula is C21H25NO6S. The van der Waals surface area contributed by atoms with Crippen LogP contribution >= 0.6 is 11.3 Å². The van der Waals surface area contributed by atoms with Crippen LogP contribution in [0.3, 0.4) is 0 Å². The minimum Gasteiger partial charge on any atom is -0.483 e. The number of hydrogen-bond acceptors (Lipinski definition) is 7. The van der Waals surface area contributed by atoms with Crippen molar-refractivity contribution in [3.63, 3.8) is 0 Å². The molecule has 0 saturated heterocycles. The molecule has 7 nitrogen and oxygen atoms in total. The van der Waals surface area contributed by atoms with Crippen LogP contribution in [0.25, 0.3) is 0 Å². The predicted octanol–water partition coefficient (Wildman–Crippen LogP) is 4.04. The molecule has 1 N–H and O–H groups in total. The van der Waals surface area contributed by atoms with E-state index in [-0.39, 0.29) is 35.3 Å². The van der Waals surface area contributed by atoms with Crippen LogP contribution in [-0.2, 0) is 14.3 Å². The summed E-state index contributed by atoms with van der Waals surface area (Å²) in [6.45, 7) is 9.01. The van der Waals surface area contributed by atoms with Gasteiger partial charge in [0, 0.05) is 0 Å². The highest BCUT2D eigenvalue weighted by molar-refractivity contribution is 7.18. The fourth-order valence-electron chi connectivity index (χ4n) is 2.63. The largest absolute Gasteiger partial charge is 0.483 e. The van der Waals surface area contributed by atoms with Crippen LogP contribution in [-0.4, -0.2) is 37.7 Å². The van der Waals surface area contributed by atoms with Crippen LogP contribution in [0.2, 0.25) is 0 Å². The Morgan fingerprint density at radius 1 is 0.966 bits per heavy atom. The van der Waals surface area contributed by atoms with E-state index in [9.17, 15) is 14.4 Å². The Bertz CT molecular complexity index is 918. The first kappa shape index (κ1) is 22.4. The first-order chi connectivity index (χ1) is 13.8. The Morgan fingerprint density at radius 2 is 1.62 bits per heavy atom. The smallest absolute Gasteiger partial charge is 0.348 e. The average Bonchev–Trinajstić information content (AvgIpc) is 2.99. The van der Waals surface area contributed by atoms with Gasteiger partial charge >= 0.3 is 11.9 Å². The molecule has 0 aliphatic rings. The van der Waals surface area contributed by atoms with E-state index in [2.05, 4.69) is 5.32 Å². The van der Waals surface area contributed by atoms with Crippen molar-refractivity contribution in [2.45, 2.75) is 34.6 Å². The summed E-state index contributed by atoms with van der Waals surface area (Å²) in [7, 11) is 0. The standard InChI is InChI=1S/C21H25NO6S/c1-6-26-20(24)17-14(5)18(21(25)27-7-2)29-19(17)22-16(23)11-28-15-10-8-9-12(3)13(15)4/h8-10H,6-7,11H2,1-5H3,(H,22,23). The van der Waals surface area contributed by atoms with Gasteiger partial charge in [-0.1, -0.05) is 12.1 Å². The lowest BCUT2D eigenvalue weighted by Crippen LogP contribution is -2.21. The summed E-state index contributed by atoms with van der Waals surface area (Å²) in [6.07, 6.45) is 0. The number of nitrogens with one attached hydrogen (secondary N) is 1. The number of benzene rings is 1. The monoisotopic (exact) mass is 419 g/mol. The molecule has 0 bridgehead atoms. The summed E-state index contributed by atoms with van der Waals surface area (Å²) in [5.74, 6) is -0.997. The highest BCUT2D eigenvalue weighted by Crippen LogP contribution is 2.34. The van der Waals surface area contributed by atoms with Gasteiger partial charge in [0.15, 0.2) is 6.61 Å². The van der Waals surface area contributed by atoms with Crippen molar-refractivity contribution in [2.24, 2.45) is 0 Å². The number of rotatable bonds is 8. The van der Waals surface area contributed by atoms with Crippen LogP contribution in [0.1, 0.15) is 50.6 Å². The first-order valence-corrected chi connectivity index (χ1v) is 10.1. The third-order valence-corrected chi connectivity index (χ3v) is 5.44. The predicted molar refractivity (Wildman–Crippen MR) is 111 cm³/mol. The number of carbonyl (C=O) groups excluding carboxylic acids is 3. The number of carbonyl (C=O) groups is 3. The number of anilines is 1. The Balaban J connectivity index is 2.22. The Kier molecular flexibility index (Phi) is 7.78. The lowest BCUT2D eigenvalue weighted by atomic mass is 10.1. The van der Waals surface area contributed by atoms with Gasteiger partial charge in [-0.15, -0.1) is 11.3 Å². The summed E-state index contributed by atoms with van der Waals surface area (Å²) in [5, 5.41) is 2.89. The molecule has 0 unspecified atom stereocenters. The average molecular weight is 419 g/mol. The van der Waals surface area contributed by atoms with E-state index in [1.54, 1.807) is 26.8 Å². The van der Waals surface area contributed by atoms with E-state index >= 15 is 0 Å². The van der Waals surface area contributed by atoms with Gasteiger partial charge in [0.05, 0.1) is 18.8 Å². The maximum Gasteiger partial charge on any atom is 0.348 e. The van der Waals surface area contributed by atoms with Gasteiger partial charge in [0.1, 0.15) is 15.6 Å². The molecule has 2 aromatic rings. The highest BCUT2D eigenvalue weighted by Gasteiger charge is 2.27. The van der Waals surface area contributed by atoms with Crippen molar-refractivity contribution in [1.82, 2.24) is 0 Å². The quantitative estimate of drug-likeness (QED) is 0.649. The zero-order valence-electron chi connectivity index (χ0n) is 17.2. The van der Waals surface area contributed by atoms with Crippen molar-refractivity contribution in [3.05, 3.63) is 45.3 Å². The van der Waals surface area contributed by atoms with E-state index in [1.165, 1.54) is 0 Å². The second-order valence-corrected chi connectivity index (χ2v) is 7.26. The second-order valence-electron chi connectivity index (χ2n) is 6.24. The van der Waals surface area contributed by atoms with Crippen LogP contribution in [0, 0.1) is 20.8 Å². The van der Waals surface area contributed by atoms with Gasteiger partial charge in [-0.2, -0.15) is 0 Å². The van der Waals surface area contributed by atoms with Crippen LogP contribution in [0.15, 0.2) is 18.2 Å². The van der Waals surface area contributed by atoms with Gasteiger partial charge in [0.25, 0.3) is 5.91 Å². The number of amides is 1.